The molecule has 0 spiro atoms. The second kappa shape index (κ2) is 9.76. The zero-order valence-electron chi connectivity index (χ0n) is 14.3. The number of carbonyl (C=O) groups excluding carboxylic acids is 1. The van der Waals surface area contributed by atoms with E-state index in [-0.39, 0.29) is 28.3 Å². The average Bonchev–Trinajstić information content (AvgIpc) is 2.60. The molecule has 8 heteroatoms. The molecule has 26 heavy (non-hydrogen) atoms. The number of rotatable bonds is 8. The lowest BCUT2D eigenvalue weighted by atomic mass is 10.1. The number of halogens is 3. The van der Waals surface area contributed by atoms with Crippen LogP contribution in [0.3, 0.4) is 0 Å². The van der Waals surface area contributed by atoms with Gasteiger partial charge in [-0.05, 0) is 36.2 Å². The summed E-state index contributed by atoms with van der Waals surface area (Å²) in [6, 6.07) is 8.61. The molecule has 0 saturated carbocycles. The standard InChI is InChI=1S/C18H18Cl3NO4/c1-24-15-4-3-11(7-16(15)25-2)5-6-22-17(23)10-26-18-13(20)8-12(19)9-14(18)21/h3-4,7-9H,5-6,10H2,1-2H3,(H,22,23). The van der Waals surface area contributed by atoms with E-state index in [0.29, 0.717) is 29.5 Å². The van der Waals surface area contributed by atoms with Crippen molar-refractivity contribution in [3.05, 3.63) is 51.0 Å². The fourth-order valence-corrected chi connectivity index (χ4v) is 3.16. The Balaban J connectivity index is 1.83. The Morgan fingerprint density at radius 3 is 2.27 bits per heavy atom. The zero-order chi connectivity index (χ0) is 19.1. The number of nitrogens with one attached hydrogen (secondary N) is 1. The molecule has 0 unspecified atom stereocenters. The van der Waals surface area contributed by atoms with Crippen LogP contribution in [0.2, 0.25) is 15.1 Å². The van der Waals surface area contributed by atoms with Gasteiger partial charge in [-0.1, -0.05) is 40.9 Å². The maximum atomic E-state index is 11.9. The quantitative estimate of drug-likeness (QED) is 0.690. The van der Waals surface area contributed by atoms with Crippen LogP contribution in [0.5, 0.6) is 17.2 Å². The molecule has 1 N–H and O–H groups in total. The molecule has 0 fully saturated rings. The largest absolute Gasteiger partial charge is 0.493 e. The molecule has 0 aliphatic carbocycles. The molecule has 5 nitrogen and oxygen atoms in total. The maximum Gasteiger partial charge on any atom is 0.257 e. The first kappa shape index (κ1) is 20.5. The topological polar surface area (TPSA) is 56.8 Å². The van der Waals surface area contributed by atoms with Crippen LogP contribution in [-0.4, -0.2) is 33.3 Å². The summed E-state index contributed by atoms with van der Waals surface area (Å²) in [5.74, 6) is 1.25. The van der Waals surface area contributed by atoms with Crippen molar-refractivity contribution in [2.75, 3.05) is 27.4 Å². The van der Waals surface area contributed by atoms with Gasteiger partial charge in [0.05, 0.1) is 24.3 Å². The fourth-order valence-electron chi connectivity index (χ4n) is 2.24. The predicted molar refractivity (Wildman–Crippen MR) is 103 cm³/mol. The summed E-state index contributed by atoms with van der Waals surface area (Å²) < 4.78 is 15.8. The van der Waals surface area contributed by atoms with Crippen LogP contribution in [0.4, 0.5) is 0 Å². The molecule has 2 aromatic carbocycles. The van der Waals surface area contributed by atoms with Gasteiger partial charge >= 0.3 is 0 Å². The molecule has 0 aromatic heterocycles. The molecule has 0 atom stereocenters. The van der Waals surface area contributed by atoms with Crippen molar-refractivity contribution in [3.63, 3.8) is 0 Å². The number of benzene rings is 2. The summed E-state index contributed by atoms with van der Waals surface area (Å²) in [5, 5.41) is 3.67. The fraction of sp³-hybridized carbons (Fsp3) is 0.278. The first-order chi connectivity index (χ1) is 12.4. The van der Waals surface area contributed by atoms with E-state index in [1.165, 1.54) is 12.1 Å². The Bertz CT molecular complexity index is 760. The summed E-state index contributed by atoms with van der Waals surface area (Å²) in [7, 11) is 3.16. The van der Waals surface area contributed by atoms with E-state index in [2.05, 4.69) is 5.32 Å². The average molecular weight is 419 g/mol. The van der Waals surface area contributed by atoms with Gasteiger partial charge in [-0.15, -0.1) is 0 Å². The van der Waals surface area contributed by atoms with E-state index in [1.807, 2.05) is 18.2 Å². The first-order valence-corrected chi connectivity index (χ1v) is 8.83. The monoisotopic (exact) mass is 417 g/mol. The summed E-state index contributed by atoms with van der Waals surface area (Å²) in [6.45, 7) is 0.243. The Morgan fingerprint density at radius 2 is 1.65 bits per heavy atom. The van der Waals surface area contributed by atoms with Crippen molar-refractivity contribution < 1.29 is 19.0 Å². The SMILES string of the molecule is COc1ccc(CCNC(=O)COc2c(Cl)cc(Cl)cc2Cl)cc1OC. The minimum absolute atomic E-state index is 0.201. The van der Waals surface area contributed by atoms with Crippen molar-refractivity contribution >= 4 is 40.7 Å². The van der Waals surface area contributed by atoms with Crippen molar-refractivity contribution in [3.8, 4) is 17.2 Å². The van der Waals surface area contributed by atoms with Crippen molar-refractivity contribution in [2.24, 2.45) is 0 Å². The minimum atomic E-state index is -0.285. The number of methoxy groups -OCH3 is 2. The maximum absolute atomic E-state index is 11.9. The second-order valence-electron chi connectivity index (χ2n) is 5.28. The molecule has 0 aliphatic rings. The second-order valence-corrected chi connectivity index (χ2v) is 6.53. The van der Waals surface area contributed by atoms with Gasteiger partial charge in [-0.2, -0.15) is 0 Å². The highest BCUT2D eigenvalue weighted by molar-refractivity contribution is 6.40. The van der Waals surface area contributed by atoms with Crippen LogP contribution < -0.4 is 19.5 Å². The number of carbonyl (C=O) groups is 1. The van der Waals surface area contributed by atoms with Crippen LogP contribution in [-0.2, 0) is 11.2 Å². The normalized spacial score (nSPS) is 10.3. The summed E-state index contributed by atoms with van der Waals surface area (Å²) in [6.07, 6.45) is 0.633. The van der Waals surface area contributed by atoms with E-state index >= 15 is 0 Å². The lowest BCUT2D eigenvalue weighted by Gasteiger charge is -2.11. The molecule has 2 rings (SSSR count). The number of amides is 1. The molecule has 140 valence electrons. The van der Waals surface area contributed by atoms with Crippen LogP contribution >= 0.6 is 34.8 Å². The van der Waals surface area contributed by atoms with Gasteiger partial charge in [0, 0.05) is 11.6 Å². The van der Waals surface area contributed by atoms with E-state index in [4.69, 9.17) is 49.0 Å². The van der Waals surface area contributed by atoms with Gasteiger partial charge in [0.25, 0.3) is 5.91 Å². The number of ether oxygens (including phenoxy) is 3. The highest BCUT2D eigenvalue weighted by Gasteiger charge is 2.11. The lowest BCUT2D eigenvalue weighted by molar-refractivity contribution is -0.123. The molecule has 0 heterocycles. The Morgan fingerprint density at radius 1 is 1.00 bits per heavy atom. The van der Waals surface area contributed by atoms with Gasteiger partial charge in [-0.25, -0.2) is 0 Å². The van der Waals surface area contributed by atoms with Gasteiger partial charge in [0.2, 0.25) is 0 Å². The van der Waals surface area contributed by atoms with Gasteiger partial charge < -0.3 is 19.5 Å². The van der Waals surface area contributed by atoms with Crippen molar-refractivity contribution in [1.82, 2.24) is 5.32 Å². The van der Waals surface area contributed by atoms with E-state index in [1.54, 1.807) is 14.2 Å². The zero-order valence-corrected chi connectivity index (χ0v) is 16.5. The van der Waals surface area contributed by atoms with Gasteiger partial charge in [-0.3, -0.25) is 4.79 Å². The van der Waals surface area contributed by atoms with E-state index in [0.717, 1.165) is 5.56 Å². The minimum Gasteiger partial charge on any atom is -0.493 e. The molecule has 0 aliphatic heterocycles. The van der Waals surface area contributed by atoms with Crippen molar-refractivity contribution in [2.45, 2.75) is 6.42 Å². The molecular formula is C18H18Cl3NO4. The van der Waals surface area contributed by atoms with Crippen LogP contribution in [0.1, 0.15) is 5.56 Å². The van der Waals surface area contributed by atoms with Crippen LogP contribution in [0, 0.1) is 0 Å². The molecule has 0 radical (unpaired) electrons. The Labute approximate surface area is 167 Å². The van der Waals surface area contributed by atoms with Crippen molar-refractivity contribution in [1.29, 1.82) is 0 Å². The third-order valence-corrected chi connectivity index (χ3v) is 4.27. The van der Waals surface area contributed by atoms with Crippen LogP contribution in [0.15, 0.2) is 30.3 Å². The molecule has 0 bridgehead atoms. The molecule has 0 saturated heterocycles. The number of hydrogen-bond donors (Lipinski definition) is 1. The Hall–Kier alpha value is -1.82. The molecule has 1 amide bonds. The highest BCUT2D eigenvalue weighted by Crippen LogP contribution is 2.35. The molecular weight excluding hydrogens is 401 g/mol. The highest BCUT2D eigenvalue weighted by atomic mass is 35.5. The van der Waals surface area contributed by atoms with E-state index in [9.17, 15) is 4.79 Å². The first-order valence-electron chi connectivity index (χ1n) is 7.69. The summed E-state index contributed by atoms with van der Waals surface area (Å²) >= 11 is 17.8. The summed E-state index contributed by atoms with van der Waals surface area (Å²) in [5.41, 5.74) is 1.01. The smallest absolute Gasteiger partial charge is 0.257 e. The lowest BCUT2D eigenvalue weighted by Crippen LogP contribution is -2.30. The van der Waals surface area contributed by atoms with Crippen LogP contribution in [0.25, 0.3) is 0 Å². The van der Waals surface area contributed by atoms with E-state index < -0.39 is 0 Å². The predicted octanol–water partition coefficient (Wildman–Crippen LogP) is 4.40. The Kier molecular flexibility index (Phi) is 7.69. The third-order valence-electron chi connectivity index (χ3n) is 3.49. The third kappa shape index (κ3) is 5.59. The van der Waals surface area contributed by atoms with Gasteiger partial charge in [0.1, 0.15) is 0 Å². The summed E-state index contributed by atoms with van der Waals surface area (Å²) in [4.78, 5) is 11.9. The molecule has 2 aromatic rings. The van der Waals surface area contributed by atoms with Gasteiger partial charge in [0.15, 0.2) is 23.9 Å². The number of hydrogen-bond acceptors (Lipinski definition) is 4.